The molecule has 2 heterocycles. The molecule has 7 nitrogen and oxygen atoms in total. The number of carbonyl (C=O) groups excluding carboxylic acids is 2. The van der Waals surface area contributed by atoms with Gasteiger partial charge in [0, 0.05) is 21.4 Å². The van der Waals surface area contributed by atoms with Gasteiger partial charge in [0.05, 0.1) is 11.6 Å². The van der Waals surface area contributed by atoms with Gasteiger partial charge in [-0.15, -0.1) is 10.2 Å². The molecule has 1 amide bonds. The molecule has 0 aliphatic carbocycles. The molecule has 4 aromatic carbocycles. The van der Waals surface area contributed by atoms with E-state index in [0.717, 1.165) is 16.7 Å². The molecule has 1 aromatic heterocycles. The van der Waals surface area contributed by atoms with Gasteiger partial charge in [-0.3, -0.25) is 14.5 Å². The minimum Gasteiger partial charge on any atom is -0.507 e. The van der Waals surface area contributed by atoms with Gasteiger partial charge < -0.3 is 9.84 Å². The van der Waals surface area contributed by atoms with Crippen molar-refractivity contribution in [1.82, 2.24) is 10.2 Å². The molecule has 1 unspecified atom stereocenters. The Kier molecular flexibility index (Phi) is 9.23. The second-order valence-corrected chi connectivity index (χ2v) is 13.3. The summed E-state index contributed by atoms with van der Waals surface area (Å²) in [7, 11) is 0. The van der Waals surface area contributed by atoms with Gasteiger partial charge in [-0.25, -0.2) is 0 Å². The summed E-state index contributed by atoms with van der Waals surface area (Å²) in [5.74, 6) is -0.712. The highest BCUT2D eigenvalue weighted by atomic mass is 35.5. The third-order valence-corrected chi connectivity index (χ3v) is 9.75. The Morgan fingerprint density at radius 3 is 2.29 bits per heavy atom. The molecule has 6 rings (SSSR count). The van der Waals surface area contributed by atoms with Crippen LogP contribution in [0.1, 0.15) is 33.9 Å². The third-order valence-electron chi connectivity index (χ3n) is 7.12. The Morgan fingerprint density at radius 2 is 1.60 bits per heavy atom. The highest BCUT2D eigenvalue weighted by Crippen LogP contribution is 2.44. The first-order chi connectivity index (χ1) is 21.8. The third kappa shape index (κ3) is 6.92. The molecule has 45 heavy (non-hydrogen) atoms. The number of hydrogen-bond acceptors (Lipinski definition) is 8. The number of aromatic nitrogens is 2. The van der Waals surface area contributed by atoms with E-state index >= 15 is 0 Å². The molecule has 0 bridgehead atoms. The number of ether oxygens (including phenoxy) is 1. The summed E-state index contributed by atoms with van der Waals surface area (Å²) in [5, 5.41) is 21.4. The maximum Gasteiger partial charge on any atom is 0.301 e. The van der Waals surface area contributed by atoms with Gasteiger partial charge in [0.25, 0.3) is 5.78 Å². The summed E-state index contributed by atoms with van der Waals surface area (Å²) in [6.07, 6.45) is 0. The maximum absolute atomic E-state index is 13.5. The molecule has 1 fully saturated rings. The molecule has 0 spiro atoms. The smallest absolute Gasteiger partial charge is 0.301 e. The molecule has 1 atom stereocenters. The normalized spacial score (nSPS) is 15.9. The van der Waals surface area contributed by atoms with Gasteiger partial charge >= 0.3 is 5.91 Å². The van der Waals surface area contributed by atoms with Crippen molar-refractivity contribution in [2.45, 2.75) is 29.7 Å². The first-order valence-corrected chi connectivity index (χ1v) is 16.4. The van der Waals surface area contributed by atoms with E-state index in [9.17, 15) is 14.7 Å². The van der Waals surface area contributed by atoms with Crippen LogP contribution < -0.4 is 9.64 Å². The molecule has 1 N–H and O–H groups in total. The van der Waals surface area contributed by atoms with E-state index in [1.165, 1.54) is 28.0 Å². The van der Waals surface area contributed by atoms with Gasteiger partial charge in [-0.2, -0.15) is 0 Å². The number of aliphatic hydroxyl groups excluding tert-OH is 1. The van der Waals surface area contributed by atoms with Crippen LogP contribution in [0.3, 0.4) is 0 Å². The van der Waals surface area contributed by atoms with E-state index in [1.54, 1.807) is 48.5 Å². The quantitative estimate of drug-likeness (QED) is 0.0550. The summed E-state index contributed by atoms with van der Waals surface area (Å²) < 4.78 is 6.54. The Balaban J connectivity index is 1.29. The first kappa shape index (κ1) is 30.9. The fourth-order valence-corrected chi connectivity index (χ4v) is 6.98. The molecular weight excluding hydrogens is 649 g/mol. The number of anilines is 1. The van der Waals surface area contributed by atoms with Crippen molar-refractivity contribution in [3.8, 4) is 5.75 Å². The number of hydrogen-bond donors (Lipinski definition) is 1. The van der Waals surface area contributed by atoms with Crippen LogP contribution in [0.15, 0.2) is 107 Å². The summed E-state index contributed by atoms with van der Waals surface area (Å²) >= 11 is 14.8. The lowest BCUT2D eigenvalue weighted by atomic mass is 9.95. The molecule has 11 heteroatoms. The number of halogens is 2. The van der Waals surface area contributed by atoms with Crippen molar-refractivity contribution in [3.05, 3.63) is 140 Å². The predicted molar refractivity (Wildman–Crippen MR) is 179 cm³/mol. The molecule has 0 radical (unpaired) electrons. The number of aryl methyl sites for hydroxylation is 1. The summed E-state index contributed by atoms with van der Waals surface area (Å²) in [4.78, 5) is 28.4. The van der Waals surface area contributed by atoms with Gasteiger partial charge in [-0.05, 0) is 72.1 Å². The van der Waals surface area contributed by atoms with Crippen molar-refractivity contribution in [3.63, 3.8) is 0 Å². The zero-order valence-electron chi connectivity index (χ0n) is 23.8. The van der Waals surface area contributed by atoms with Crippen LogP contribution >= 0.6 is 46.3 Å². The number of benzene rings is 4. The zero-order valence-corrected chi connectivity index (χ0v) is 27.0. The lowest BCUT2D eigenvalue weighted by Gasteiger charge is -2.22. The van der Waals surface area contributed by atoms with Crippen molar-refractivity contribution in [1.29, 1.82) is 0 Å². The topological polar surface area (TPSA) is 92.6 Å². The second-order valence-electron chi connectivity index (χ2n) is 10.3. The number of amides is 1. The van der Waals surface area contributed by atoms with Crippen LogP contribution in [-0.2, 0) is 21.9 Å². The number of thioether (sulfide) groups is 1. The minimum atomic E-state index is -0.943. The summed E-state index contributed by atoms with van der Waals surface area (Å²) in [5.41, 5.74) is 4.13. The van der Waals surface area contributed by atoms with E-state index < -0.39 is 17.7 Å². The molecule has 1 aliphatic rings. The average molecular weight is 675 g/mol. The van der Waals surface area contributed by atoms with Crippen LogP contribution in [0.5, 0.6) is 5.75 Å². The molecule has 226 valence electrons. The summed E-state index contributed by atoms with van der Waals surface area (Å²) in [6, 6.07) is 28.1. The number of ketones is 1. The molecule has 5 aromatic rings. The Hall–Kier alpha value is -4.15. The molecule has 0 saturated carbocycles. The van der Waals surface area contributed by atoms with Gasteiger partial charge in [0.15, 0.2) is 4.34 Å². The van der Waals surface area contributed by atoms with Crippen molar-refractivity contribution in [2.24, 2.45) is 0 Å². The van der Waals surface area contributed by atoms with E-state index in [0.29, 0.717) is 43.6 Å². The number of nitrogens with zero attached hydrogens (tertiary/aromatic N) is 3. The zero-order chi connectivity index (χ0) is 31.5. The number of aliphatic hydroxyl groups is 1. The standard InChI is InChI=1S/C34H25Cl2N3O4S2/c1-20-3-2-4-22(17-20)18-43-27-15-9-24(10-16-27)30(40)28-29(23-7-13-26(36)14-8-23)39(32(42)31(28)41)33-37-38-34(45-33)44-19-21-5-11-25(35)12-6-21/h2-17,29,40H,18-19H2,1H3. The maximum atomic E-state index is 13.5. The van der Waals surface area contributed by atoms with Crippen molar-refractivity contribution in [2.75, 3.05) is 4.90 Å². The van der Waals surface area contributed by atoms with Crippen LogP contribution in [-0.4, -0.2) is 27.0 Å². The lowest BCUT2D eigenvalue weighted by molar-refractivity contribution is -0.132. The van der Waals surface area contributed by atoms with Gasteiger partial charge in [0.1, 0.15) is 18.1 Å². The largest absolute Gasteiger partial charge is 0.507 e. The van der Waals surface area contributed by atoms with Crippen molar-refractivity contribution >= 4 is 68.9 Å². The SMILES string of the molecule is Cc1cccc(COc2ccc(C(O)=C3C(=O)C(=O)N(c4nnc(SCc5ccc(Cl)cc5)s4)C3c3ccc(Cl)cc3)cc2)c1. The average Bonchev–Trinajstić information content (AvgIpc) is 3.62. The Labute approximate surface area is 278 Å². The molecule has 1 saturated heterocycles. The molecule has 1 aliphatic heterocycles. The van der Waals surface area contributed by atoms with E-state index in [-0.39, 0.29) is 16.5 Å². The van der Waals surface area contributed by atoms with Gasteiger partial charge in [-0.1, -0.05) is 100 Å². The second kappa shape index (κ2) is 13.5. The fraction of sp³-hybridized carbons (Fsp3) is 0.118. The van der Waals surface area contributed by atoms with E-state index in [1.807, 2.05) is 49.4 Å². The lowest BCUT2D eigenvalue weighted by Crippen LogP contribution is -2.29. The minimum absolute atomic E-state index is 0.0543. The van der Waals surface area contributed by atoms with E-state index in [2.05, 4.69) is 16.3 Å². The first-order valence-electron chi connectivity index (χ1n) is 13.8. The van der Waals surface area contributed by atoms with Crippen LogP contribution in [0.25, 0.3) is 5.76 Å². The van der Waals surface area contributed by atoms with Crippen molar-refractivity contribution < 1.29 is 19.4 Å². The Morgan fingerprint density at radius 1 is 0.911 bits per heavy atom. The fourth-order valence-electron chi connectivity index (χ4n) is 4.91. The Bertz CT molecular complexity index is 1890. The summed E-state index contributed by atoms with van der Waals surface area (Å²) in [6.45, 7) is 2.41. The number of carbonyl (C=O) groups is 2. The highest BCUT2D eigenvalue weighted by molar-refractivity contribution is 8.00. The predicted octanol–water partition coefficient (Wildman–Crippen LogP) is 8.65. The van der Waals surface area contributed by atoms with Crippen LogP contribution in [0.2, 0.25) is 10.0 Å². The monoisotopic (exact) mass is 673 g/mol. The van der Waals surface area contributed by atoms with Crippen LogP contribution in [0, 0.1) is 6.92 Å². The van der Waals surface area contributed by atoms with E-state index in [4.69, 9.17) is 27.9 Å². The molecular formula is C34H25Cl2N3O4S2. The number of Topliss-reactive ketones (excluding diaryl/α,β-unsaturated/α-hetero) is 1. The van der Waals surface area contributed by atoms with Crippen LogP contribution in [0.4, 0.5) is 5.13 Å². The highest BCUT2D eigenvalue weighted by Gasteiger charge is 2.48. The number of rotatable bonds is 9. The van der Waals surface area contributed by atoms with Gasteiger partial charge in [0.2, 0.25) is 5.13 Å².